The molecule has 1 aromatic carbocycles. The number of carbonyl (C=O) groups is 2. The fourth-order valence-electron chi connectivity index (χ4n) is 3.54. The molecule has 9 heteroatoms. The van der Waals surface area contributed by atoms with Crippen LogP contribution >= 0.6 is 0 Å². The molecule has 1 amide bonds. The number of para-hydroxylation sites is 1. The summed E-state index contributed by atoms with van der Waals surface area (Å²) in [7, 11) is -3.54. The lowest BCUT2D eigenvalue weighted by molar-refractivity contribution is -0.121. The maximum absolute atomic E-state index is 12.3. The highest BCUT2D eigenvalue weighted by Gasteiger charge is 2.39. The number of sulfonamides is 1. The van der Waals surface area contributed by atoms with E-state index in [2.05, 4.69) is 0 Å². The highest BCUT2D eigenvalue weighted by atomic mass is 32.2. The van der Waals surface area contributed by atoms with Crippen LogP contribution in [0.1, 0.15) is 32.1 Å². The molecule has 176 valence electrons. The van der Waals surface area contributed by atoms with Gasteiger partial charge in [-0.05, 0) is 31.4 Å². The van der Waals surface area contributed by atoms with Crippen molar-refractivity contribution in [3.05, 3.63) is 54.6 Å². The average Bonchev–Trinajstić information content (AvgIpc) is 2.99. The molecule has 0 aromatic heterocycles. The molecule has 0 bridgehead atoms. The second kappa shape index (κ2) is 12.5. The Kier molecular flexibility index (Phi) is 10.1. The molecule has 0 spiro atoms. The molecule has 1 fully saturated rings. The van der Waals surface area contributed by atoms with E-state index in [0.717, 1.165) is 6.26 Å². The van der Waals surface area contributed by atoms with Gasteiger partial charge in [-0.3, -0.25) is 14.3 Å². The molecule has 1 aromatic rings. The Morgan fingerprint density at radius 2 is 2.00 bits per heavy atom. The Balaban J connectivity index is 1.78. The van der Waals surface area contributed by atoms with E-state index in [1.807, 2.05) is 35.1 Å². The lowest BCUT2D eigenvalue weighted by Gasteiger charge is -2.17. The van der Waals surface area contributed by atoms with Gasteiger partial charge in [-0.25, -0.2) is 8.42 Å². The standard InChI is InChI=1S/C23H31NO7S/c1-32(29,30)24-23(28)12-8-3-2-7-11-19-20(22(27)15-21(19)26)14-13-17(25)16-31-18-9-5-4-6-10-18/h2,4-7,9-10,13-14,17,19-20,22,25,27H,3,8,11-12,15-16H2,1H3,(H,24,28)/b7-2-,14-13+/t17-,19-,20?,22-/m1/s1. The van der Waals surface area contributed by atoms with Crippen molar-refractivity contribution in [2.75, 3.05) is 12.9 Å². The van der Waals surface area contributed by atoms with Crippen molar-refractivity contribution in [1.82, 2.24) is 4.72 Å². The van der Waals surface area contributed by atoms with E-state index in [-0.39, 0.29) is 37.1 Å². The van der Waals surface area contributed by atoms with E-state index in [4.69, 9.17) is 4.74 Å². The number of carbonyl (C=O) groups excluding carboxylic acids is 2. The molecule has 0 radical (unpaired) electrons. The SMILES string of the molecule is CS(=O)(=O)NC(=O)CCC/C=C\C[C@H]1C(=O)C[C@@H](O)C1/C=C/[C@@H](O)COc1ccccc1. The van der Waals surface area contributed by atoms with Crippen LogP contribution in [0.15, 0.2) is 54.6 Å². The zero-order valence-corrected chi connectivity index (χ0v) is 18.9. The Labute approximate surface area is 189 Å². The number of aliphatic hydroxyl groups is 2. The smallest absolute Gasteiger partial charge is 0.233 e. The summed E-state index contributed by atoms with van der Waals surface area (Å²) in [5.41, 5.74) is 0. The molecular formula is C23H31NO7S. The normalized spacial score (nSPS) is 22.5. The largest absolute Gasteiger partial charge is 0.491 e. The predicted octanol–water partition coefficient (Wildman–Crippen LogP) is 1.74. The number of nitrogens with one attached hydrogen (secondary N) is 1. The third-order valence-electron chi connectivity index (χ3n) is 5.08. The van der Waals surface area contributed by atoms with Crippen molar-refractivity contribution in [2.45, 2.75) is 44.3 Å². The average molecular weight is 466 g/mol. The van der Waals surface area contributed by atoms with E-state index in [1.165, 1.54) is 0 Å². The molecule has 0 aliphatic heterocycles. The van der Waals surface area contributed by atoms with Gasteiger partial charge in [-0.1, -0.05) is 42.5 Å². The monoisotopic (exact) mass is 465 g/mol. The predicted molar refractivity (Wildman–Crippen MR) is 120 cm³/mol. The number of benzene rings is 1. The number of hydrogen-bond acceptors (Lipinski definition) is 7. The van der Waals surface area contributed by atoms with Gasteiger partial charge < -0.3 is 14.9 Å². The molecule has 3 N–H and O–H groups in total. The Bertz CT molecular complexity index is 912. The summed E-state index contributed by atoms with van der Waals surface area (Å²) in [6.07, 6.45) is 7.84. The van der Waals surface area contributed by atoms with Gasteiger partial charge in [0.05, 0.1) is 12.4 Å². The van der Waals surface area contributed by atoms with Crippen molar-refractivity contribution in [3.8, 4) is 5.75 Å². The van der Waals surface area contributed by atoms with Gasteiger partial charge in [0.15, 0.2) is 0 Å². The minimum Gasteiger partial charge on any atom is -0.491 e. The lowest BCUT2D eigenvalue weighted by atomic mass is 9.90. The van der Waals surface area contributed by atoms with E-state index in [0.29, 0.717) is 25.0 Å². The highest BCUT2D eigenvalue weighted by molar-refractivity contribution is 7.89. The van der Waals surface area contributed by atoms with E-state index >= 15 is 0 Å². The van der Waals surface area contributed by atoms with E-state index in [1.54, 1.807) is 24.3 Å². The number of aliphatic hydroxyl groups excluding tert-OH is 2. The number of allylic oxidation sites excluding steroid dienone is 2. The summed E-state index contributed by atoms with van der Waals surface area (Å²) in [5, 5.41) is 20.4. The zero-order valence-electron chi connectivity index (χ0n) is 18.1. The highest BCUT2D eigenvalue weighted by Crippen LogP contribution is 2.33. The first kappa shape index (κ1) is 25.8. The van der Waals surface area contributed by atoms with Crippen LogP contribution in [0.5, 0.6) is 5.75 Å². The van der Waals surface area contributed by atoms with Gasteiger partial charge in [0.25, 0.3) is 0 Å². The third kappa shape index (κ3) is 9.33. The van der Waals surface area contributed by atoms with E-state index < -0.39 is 28.1 Å². The maximum Gasteiger partial charge on any atom is 0.233 e. The van der Waals surface area contributed by atoms with Crippen molar-refractivity contribution in [1.29, 1.82) is 0 Å². The minimum atomic E-state index is -3.54. The van der Waals surface area contributed by atoms with Gasteiger partial charge in [-0.2, -0.15) is 0 Å². The zero-order chi connectivity index (χ0) is 23.6. The number of rotatable bonds is 12. The summed E-state index contributed by atoms with van der Waals surface area (Å²) < 4.78 is 29.4. The first-order valence-corrected chi connectivity index (χ1v) is 12.5. The Morgan fingerprint density at radius 1 is 1.28 bits per heavy atom. The van der Waals surface area contributed by atoms with Gasteiger partial charge >= 0.3 is 0 Å². The van der Waals surface area contributed by atoms with Crippen molar-refractivity contribution in [2.24, 2.45) is 11.8 Å². The molecule has 1 saturated carbocycles. The van der Waals surface area contributed by atoms with Gasteiger partial charge in [0, 0.05) is 24.7 Å². The Hall–Kier alpha value is -2.49. The first-order valence-electron chi connectivity index (χ1n) is 10.6. The summed E-state index contributed by atoms with van der Waals surface area (Å²) >= 11 is 0. The first-order chi connectivity index (χ1) is 15.2. The molecule has 4 atom stereocenters. The quantitative estimate of drug-likeness (QED) is 0.317. The fraction of sp³-hybridized carbons (Fsp3) is 0.478. The summed E-state index contributed by atoms with van der Waals surface area (Å²) in [6, 6.07) is 9.11. The minimum absolute atomic E-state index is 0.0284. The molecule has 1 unspecified atom stereocenters. The van der Waals surface area contributed by atoms with Crippen LogP contribution in [0, 0.1) is 11.8 Å². The van der Waals surface area contributed by atoms with Crippen LogP contribution < -0.4 is 9.46 Å². The van der Waals surface area contributed by atoms with Crippen molar-refractivity contribution < 1.29 is 33.0 Å². The van der Waals surface area contributed by atoms with Crippen LogP contribution in [0.25, 0.3) is 0 Å². The van der Waals surface area contributed by atoms with Crippen LogP contribution in [0.2, 0.25) is 0 Å². The van der Waals surface area contributed by atoms with Gasteiger partial charge in [0.1, 0.15) is 24.2 Å². The van der Waals surface area contributed by atoms with Crippen LogP contribution in [0.3, 0.4) is 0 Å². The molecule has 8 nitrogen and oxygen atoms in total. The van der Waals surface area contributed by atoms with Crippen LogP contribution in [-0.4, -0.2) is 55.4 Å². The molecule has 0 saturated heterocycles. The van der Waals surface area contributed by atoms with Crippen LogP contribution in [0.4, 0.5) is 0 Å². The number of unbranched alkanes of at least 4 members (excludes halogenated alkanes) is 1. The third-order valence-corrected chi connectivity index (χ3v) is 5.68. The molecule has 32 heavy (non-hydrogen) atoms. The summed E-state index contributed by atoms with van der Waals surface area (Å²) in [5.74, 6) is -0.700. The number of Topliss-reactive ketones (excluding diaryl/α,β-unsaturated/α-hetero) is 1. The number of amides is 1. The van der Waals surface area contributed by atoms with Crippen LogP contribution in [-0.2, 0) is 19.6 Å². The van der Waals surface area contributed by atoms with Crippen molar-refractivity contribution >= 4 is 21.7 Å². The topological polar surface area (TPSA) is 130 Å². The Morgan fingerprint density at radius 3 is 2.69 bits per heavy atom. The maximum atomic E-state index is 12.3. The second-order valence-electron chi connectivity index (χ2n) is 7.89. The fourth-order valence-corrected chi connectivity index (χ4v) is 4.05. The molecule has 2 rings (SSSR count). The number of hydrogen-bond donors (Lipinski definition) is 3. The van der Waals surface area contributed by atoms with Gasteiger partial charge in [0.2, 0.25) is 15.9 Å². The van der Waals surface area contributed by atoms with Crippen molar-refractivity contribution in [3.63, 3.8) is 0 Å². The van der Waals surface area contributed by atoms with Gasteiger partial charge in [-0.15, -0.1) is 0 Å². The lowest BCUT2D eigenvalue weighted by Crippen LogP contribution is -2.28. The molecule has 1 aliphatic rings. The molecular weight excluding hydrogens is 434 g/mol. The summed E-state index contributed by atoms with van der Waals surface area (Å²) in [4.78, 5) is 23.7. The second-order valence-corrected chi connectivity index (χ2v) is 9.64. The van der Waals surface area contributed by atoms with E-state index in [9.17, 15) is 28.2 Å². The molecule has 1 aliphatic carbocycles. The number of ketones is 1. The number of ether oxygens (including phenoxy) is 1. The molecule has 0 heterocycles. The summed E-state index contributed by atoms with van der Waals surface area (Å²) in [6.45, 7) is 0.0642.